The molecule has 1 aliphatic rings. The molecule has 3 heterocycles. The number of hydrogen-bond donors (Lipinski definition) is 1. The normalized spacial score (nSPS) is 15.9. The van der Waals surface area contributed by atoms with Crippen LogP contribution in [0.3, 0.4) is 0 Å². The van der Waals surface area contributed by atoms with E-state index in [1.807, 2.05) is 30.9 Å². The molecule has 1 amide bonds. The van der Waals surface area contributed by atoms with Gasteiger partial charge in [-0.15, -0.1) is 0 Å². The number of rotatable bonds is 3. The maximum absolute atomic E-state index is 13.0. The summed E-state index contributed by atoms with van der Waals surface area (Å²) in [4.78, 5) is 28.9. The molecular formula is C18H20N6O3. The number of amides is 1. The highest BCUT2D eigenvalue weighted by molar-refractivity contribution is 5.91. The highest BCUT2D eigenvalue weighted by atomic mass is 16.6. The Morgan fingerprint density at radius 1 is 1.15 bits per heavy atom. The van der Waals surface area contributed by atoms with Crippen molar-refractivity contribution in [3.63, 3.8) is 0 Å². The minimum atomic E-state index is -0.450. The number of H-pyrrole nitrogens is 1. The molecule has 4 rings (SSSR count). The summed E-state index contributed by atoms with van der Waals surface area (Å²) in [7, 11) is 0. The largest absolute Gasteiger partial charge is 0.349 e. The number of carbonyl (C=O) groups is 1. The number of anilines is 1. The first kappa shape index (κ1) is 17.2. The number of benzene rings is 1. The van der Waals surface area contributed by atoms with Gasteiger partial charge in [-0.1, -0.05) is 23.4 Å². The molecule has 1 saturated heterocycles. The van der Waals surface area contributed by atoms with Gasteiger partial charge in [0.15, 0.2) is 5.82 Å². The first-order valence-corrected chi connectivity index (χ1v) is 8.86. The second-order valence-electron chi connectivity index (χ2n) is 6.69. The van der Waals surface area contributed by atoms with Crippen LogP contribution in [-0.2, 0) is 4.79 Å². The van der Waals surface area contributed by atoms with E-state index in [9.17, 15) is 9.59 Å². The van der Waals surface area contributed by atoms with Crippen molar-refractivity contribution >= 4 is 22.5 Å². The third kappa shape index (κ3) is 3.05. The van der Waals surface area contributed by atoms with Gasteiger partial charge < -0.3 is 9.80 Å². The summed E-state index contributed by atoms with van der Waals surface area (Å²) in [5.74, 6) is 0.270. The van der Waals surface area contributed by atoms with Crippen molar-refractivity contribution in [1.29, 1.82) is 0 Å². The van der Waals surface area contributed by atoms with Gasteiger partial charge in [-0.05, 0) is 25.1 Å². The third-order valence-electron chi connectivity index (χ3n) is 5.03. The van der Waals surface area contributed by atoms with Crippen LogP contribution in [0, 0.1) is 6.92 Å². The van der Waals surface area contributed by atoms with E-state index in [0.29, 0.717) is 42.6 Å². The summed E-state index contributed by atoms with van der Waals surface area (Å²) < 4.78 is 4.76. The smallest absolute Gasteiger partial charge is 0.272 e. The van der Waals surface area contributed by atoms with E-state index in [1.54, 1.807) is 12.1 Å². The SMILES string of the molecule is Cc1nonc1N1CCN(C(=O)C(C)c2n[nH]c(=O)c3ccccc23)CC1. The number of carbonyl (C=O) groups excluding carboxylic acids is 1. The number of nitrogens with one attached hydrogen (secondary N) is 1. The second-order valence-corrected chi connectivity index (χ2v) is 6.69. The van der Waals surface area contributed by atoms with Gasteiger partial charge in [-0.2, -0.15) is 5.10 Å². The number of hydrogen-bond acceptors (Lipinski definition) is 7. The molecular weight excluding hydrogens is 348 g/mol. The molecule has 0 spiro atoms. The molecule has 27 heavy (non-hydrogen) atoms. The number of aryl methyl sites for hydroxylation is 1. The summed E-state index contributed by atoms with van der Waals surface area (Å²) in [6.07, 6.45) is 0. The fourth-order valence-electron chi connectivity index (χ4n) is 3.51. The molecule has 0 bridgehead atoms. The monoisotopic (exact) mass is 368 g/mol. The van der Waals surface area contributed by atoms with E-state index in [-0.39, 0.29) is 11.5 Å². The van der Waals surface area contributed by atoms with Crippen LogP contribution >= 0.6 is 0 Å². The van der Waals surface area contributed by atoms with Gasteiger partial charge in [-0.3, -0.25) is 9.59 Å². The zero-order valence-corrected chi connectivity index (χ0v) is 15.2. The van der Waals surface area contributed by atoms with Crippen molar-refractivity contribution in [2.24, 2.45) is 0 Å². The van der Waals surface area contributed by atoms with Crippen LogP contribution in [0.25, 0.3) is 10.8 Å². The molecule has 1 N–H and O–H groups in total. The summed E-state index contributed by atoms with van der Waals surface area (Å²) in [6.45, 7) is 6.15. The van der Waals surface area contributed by atoms with Crippen LogP contribution in [0.5, 0.6) is 0 Å². The number of aromatic nitrogens is 4. The molecule has 2 aromatic heterocycles. The van der Waals surface area contributed by atoms with Gasteiger partial charge in [0.2, 0.25) is 5.91 Å². The number of fused-ring (bicyclic) bond motifs is 1. The summed E-state index contributed by atoms with van der Waals surface area (Å²) >= 11 is 0. The van der Waals surface area contributed by atoms with Gasteiger partial charge in [0, 0.05) is 31.6 Å². The molecule has 1 atom stereocenters. The molecule has 1 unspecified atom stereocenters. The highest BCUT2D eigenvalue weighted by Crippen LogP contribution is 2.24. The quantitative estimate of drug-likeness (QED) is 0.736. The maximum Gasteiger partial charge on any atom is 0.272 e. The minimum Gasteiger partial charge on any atom is -0.349 e. The first-order valence-electron chi connectivity index (χ1n) is 8.86. The van der Waals surface area contributed by atoms with Crippen molar-refractivity contribution in [3.8, 4) is 0 Å². The summed E-state index contributed by atoms with van der Waals surface area (Å²) in [6, 6.07) is 7.21. The van der Waals surface area contributed by atoms with Gasteiger partial charge in [0.1, 0.15) is 5.69 Å². The van der Waals surface area contributed by atoms with Gasteiger partial charge in [-0.25, -0.2) is 9.73 Å². The molecule has 9 heteroatoms. The first-order chi connectivity index (χ1) is 13.1. The molecule has 0 saturated carbocycles. The predicted molar refractivity (Wildman–Crippen MR) is 98.6 cm³/mol. The lowest BCUT2D eigenvalue weighted by Gasteiger charge is -2.35. The van der Waals surface area contributed by atoms with Crippen molar-refractivity contribution in [2.45, 2.75) is 19.8 Å². The summed E-state index contributed by atoms with van der Waals surface area (Å²) in [5, 5.41) is 15.7. The molecule has 140 valence electrons. The van der Waals surface area contributed by atoms with E-state index in [2.05, 4.69) is 25.4 Å². The Morgan fingerprint density at radius 3 is 2.52 bits per heavy atom. The van der Waals surface area contributed by atoms with Crippen molar-refractivity contribution < 1.29 is 9.42 Å². The zero-order chi connectivity index (χ0) is 19.0. The van der Waals surface area contributed by atoms with E-state index >= 15 is 0 Å². The Labute approximate surface area is 154 Å². The molecule has 1 aliphatic heterocycles. The number of nitrogens with zero attached hydrogens (tertiary/aromatic N) is 5. The number of aromatic amines is 1. The van der Waals surface area contributed by atoms with Crippen molar-refractivity contribution in [3.05, 3.63) is 46.0 Å². The van der Waals surface area contributed by atoms with E-state index in [1.165, 1.54) is 0 Å². The van der Waals surface area contributed by atoms with E-state index in [0.717, 1.165) is 11.5 Å². The van der Waals surface area contributed by atoms with Gasteiger partial charge >= 0.3 is 0 Å². The molecule has 0 aliphatic carbocycles. The van der Waals surface area contributed by atoms with E-state index in [4.69, 9.17) is 4.63 Å². The Bertz CT molecular complexity index is 1030. The Morgan fingerprint density at radius 2 is 1.85 bits per heavy atom. The van der Waals surface area contributed by atoms with Crippen LogP contribution in [0.1, 0.15) is 24.2 Å². The topological polar surface area (TPSA) is 108 Å². The second kappa shape index (κ2) is 6.82. The fraction of sp³-hybridized carbons (Fsp3) is 0.389. The lowest BCUT2D eigenvalue weighted by Crippen LogP contribution is -2.50. The molecule has 1 fully saturated rings. The van der Waals surface area contributed by atoms with Crippen LogP contribution in [0.2, 0.25) is 0 Å². The highest BCUT2D eigenvalue weighted by Gasteiger charge is 2.29. The maximum atomic E-state index is 13.0. The predicted octanol–water partition coefficient (Wildman–Crippen LogP) is 1.07. The standard InChI is InChI=1S/C18H20N6O3/c1-11(15-13-5-3-4-6-14(13)17(25)20-19-15)18(26)24-9-7-23(8-10-24)16-12(2)21-27-22-16/h3-6,11H,7-10H2,1-2H3,(H,20,25). The zero-order valence-electron chi connectivity index (χ0n) is 15.2. The van der Waals surface area contributed by atoms with Crippen molar-refractivity contribution in [2.75, 3.05) is 31.1 Å². The summed E-state index contributed by atoms with van der Waals surface area (Å²) in [5.41, 5.74) is 1.08. The average Bonchev–Trinajstić information content (AvgIpc) is 3.13. The van der Waals surface area contributed by atoms with Gasteiger partial charge in [0.25, 0.3) is 5.56 Å². The lowest BCUT2D eigenvalue weighted by atomic mass is 10.00. The average molecular weight is 368 g/mol. The fourth-order valence-corrected chi connectivity index (χ4v) is 3.51. The van der Waals surface area contributed by atoms with Crippen LogP contribution in [0.15, 0.2) is 33.7 Å². The Balaban J connectivity index is 1.52. The molecule has 0 radical (unpaired) electrons. The Kier molecular flexibility index (Phi) is 4.35. The molecule has 1 aromatic carbocycles. The van der Waals surface area contributed by atoms with Crippen molar-refractivity contribution in [1.82, 2.24) is 25.4 Å². The van der Waals surface area contributed by atoms with Crippen LogP contribution < -0.4 is 10.5 Å². The molecule has 3 aromatic rings. The lowest BCUT2D eigenvalue weighted by molar-refractivity contribution is -0.132. The van der Waals surface area contributed by atoms with Crippen LogP contribution in [-0.4, -0.2) is 57.5 Å². The third-order valence-corrected chi connectivity index (χ3v) is 5.03. The van der Waals surface area contributed by atoms with E-state index < -0.39 is 5.92 Å². The Hall–Kier alpha value is -3.23. The molecule has 9 nitrogen and oxygen atoms in total. The van der Waals surface area contributed by atoms with Gasteiger partial charge in [0.05, 0.1) is 17.0 Å². The van der Waals surface area contributed by atoms with Crippen LogP contribution in [0.4, 0.5) is 5.82 Å². The number of piperazine rings is 1. The minimum absolute atomic E-state index is 0.00523.